The van der Waals surface area contributed by atoms with Crippen LogP contribution in [0.1, 0.15) is 34.5 Å². The van der Waals surface area contributed by atoms with E-state index in [0.717, 1.165) is 50.9 Å². The lowest BCUT2D eigenvalue weighted by Crippen LogP contribution is -2.52. The molecule has 3 heterocycles. The fraction of sp³-hybridized carbons (Fsp3) is 0.526. The van der Waals surface area contributed by atoms with Gasteiger partial charge in [-0.2, -0.15) is 0 Å². The van der Waals surface area contributed by atoms with Crippen LogP contribution in [-0.4, -0.2) is 66.7 Å². The maximum absolute atomic E-state index is 11.7. The third-order valence-corrected chi connectivity index (χ3v) is 4.64. The van der Waals surface area contributed by atoms with Gasteiger partial charge in [0.15, 0.2) is 5.96 Å². The number of aryl methyl sites for hydroxylation is 1. The Labute approximate surface area is 164 Å². The summed E-state index contributed by atoms with van der Waals surface area (Å²) in [5.41, 5.74) is 1.39. The third kappa shape index (κ3) is 4.92. The molecule has 2 aromatic heterocycles. The fourth-order valence-corrected chi connectivity index (χ4v) is 3.18. The first-order valence-electron chi connectivity index (χ1n) is 9.43. The van der Waals surface area contributed by atoms with Crippen LogP contribution in [0.5, 0.6) is 0 Å². The number of hydrogen-bond acceptors (Lipinski definition) is 7. The zero-order valence-corrected chi connectivity index (χ0v) is 16.6. The number of aromatic nitrogens is 1. The van der Waals surface area contributed by atoms with E-state index in [1.165, 1.54) is 7.11 Å². The molecule has 0 amide bonds. The summed E-state index contributed by atoms with van der Waals surface area (Å²) in [5.74, 6) is 1.63. The van der Waals surface area contributed by atoms with E-state index in [1.54, 1.807) is 19.3 Å². The van der Waals surface area contributed by atoms with Crippen molar-refractivity contribution in [3.63, 3.8) is 0 Å². The number of hydrogen-bond donors (Lipinski definition) is 1. The fourth-order valence-electron chi connectivity index (χ4n) is 3.18. The van der Waals surface area contributed by atoms with Crippen molar-refractivity contribution in [2.24, 2.45) is 4.99 Å². The van der Waals surface area contributed by atoms with E-state index >= 15 is 0 Å². The van der Waals surface area contributed by atoms with Gasteiger partial charge in [-0.15, -0.1) is 0 Å². The maximum atomic E-state index is 11.7. The molecule has 9 heteroatoms. The zero-order chi connectivity index (χ0) is 19.9. The molecule has 0 saturated carbocycles. The van der Waals surface area contributed by atoms with E-state index < -0.39 is 5.97 Å². The van der Waals surface area contributed by atoms with Crippen LogP contribution in [-0.2, 0) is 17.8 Å². The smallest absolute Gasteiger partial charge is 0.341 e. The van der Waals surface area contributed by atoms with E-state index in [2.05, 4.69) is 25.3 Å². The highest BCUT2D eigenvalue weighted by atomic mass is 16.5. The molecular weight excluding hydrogens is 362 g/mol. The Morgan fingerprint density at radius 2 is 2.14 bits per heavy atom. The van der Waals surface area contributed by atoms with Crippen LogP contribution in [0.3, 0.4) is 0 Å². The number of carbonyl (C=O) groups excluding carboxylic acids is 1. The van der Waals surface area contributed by atoms with Crippen LogP contribution < -0.4 is 5.32 Å². The van der Waals surface area contributed by atoms with Gasteiger partial charge >= 0.3 is 5.97 Å². The van der Waals surface area contributed by atoms with Gasteiger partial charge in [-0.1, -0.05) is 5.16 Å². The molecule has 0 unspecified atom stereocenters. The van der Waals surface area contributed by atoms with Gasteiger partial charge in [0.2, 0.25) is 0 Å². The summed E-state index contributed by atoms with van der Waals surface area (Å²) in [6.07, 6.45) is 1.60. The topological polar surface area (TPSA) is 96.3 Å². The highest BCUT2D eigenvalue weighted by Crippen LogP contribution is 2.17. The summed E-state index contributed by atoms with van der Waals surface area (Å²) in [5, 5.41) is 7.31. The molecule has 3 rings (SSSR count). The van der Waals surface area contributed by atoms with Crippen LogP contribution in [0.4, 0.5) is 0 Å². The van der Waals surface area contributed by atoms with E-state index in [-0.39, 0.29) is 0 Å². The zero-order valence-electron chi connectivity index (χ0n) is 16.6. The van der Waals surface area contributed by atoms with Crippen LogP contribution in [0.25, 0.3) is 0 Å². The predicted molar refractivity (Wildman–Crippen MR) is 103 cm³/mol. The van der Waals surface area contributed by atoms with E-state index in [0.29, 0.717) is 23.6 Å². The summed E-state index contributed by atoms with van der Waals surface area (Å²) in [6, 6.07) is 3.59. The molecule has 9 nitrogen and oxygen atoms in total. The number of aliphatic imine (C=N–C) groups is 1. The predicted octanol–water partition coefficient (Wildman–Crippen LogP) is 1.65. The van der Waals surface area contributed by atoms with E-state index in [4.69, 9.17) is 13.7 Å². The average Bonchev–Trinajstić information content (AvgIpc) is 3.34. The molecule has 0 spiro atoms. The second-order valence-corrected chi connectivity index (χ2v) is 6.60. The molecule has 0 aliphatic carbocycles. The molecule has 1 fully saturated rings. The molecule has 2 aromatic rings. The Kier molecular flexibility index (Phi) is 6.70. The SMILES string of the molecule is CCNC(=NCc1cc(C(=O)OC)c(C)o1)N1CCN(Cc2ccon2)CC1. The second-order valence-electron chi connectivity index (χ2n) is 6.60. The van der Waals surface area contributed by atoms with Crippen LogP contribution >= 0.6 is 0 Å². The first-order chi connectivity index (χ1) is 13.6. The first kappa shape index (κ1) is 19.9. The molecule has 0 aromatic carbocycles. The Hall–Kier alpha value is -2.81. The normalized spacial score (nSPS) is 15.7. The van der Waals surface area contributed by atoms with Gasteiger partial charge in [0.25, 0.3) is 0 Å². The Balaban J connectivity index is 1.59. The van der Waals surface area contributed by atoms with E-state index in [1.807, 2.05) is 13.0 Å². The molecule has 1 aliphatic heterocycles. The number of rotatable bonds is 6. The van der Waals surface area contributed by atoms with Crippen molar-refractivity contribution in [2.45, 2.75) is 26.9 Å². The van der Waals surface area contributed by atoms with Gasteiger partial charge in [-0.05, 0) is 19.9 Å². The number of methoxy groups -OCH3 is 1. The molecule has 0 radical (unpaired) electrons. The summed E-state index contributed by atoms with van der Waals surface area (Å²) < 4.78 is 15.3. The van der Waals surface area contributed by atoms with Crippen molar-refractivity contribution in [3.8, 4) is 0 Å². The minimum Gasteiger partial charge on any atom is -0.465 e. The largest absolute Gasteiger partial charge is 0.465 e. The number of esters is 1. The lowest BCUT2D eigenvalue weighted by Gasteiger charge is -2.36. The number of ether oxygens (including phenoxy) is 1. The van der Waals surface area contributed by atoms with Crippen molar-refractivity contribution in [1.82, 2.24) is 20.3 Å². The number of nitrogens with zero attached hydrogens (tertiary/aromatic N) is 4. The first-order valence-corrected chi connectivity index (χ1v) is 9.43. The van der Waals surface area contributed by atoms with Crippen LogP contribution in [0.2, 0.25) is 0 Å². The van der Waals surface area contributed by atoms with Gasteiger partial charge in [0.05, 0.1) is 12.8 Å². The van der Waals surface area contributed by atoms with Crippen molar-refractivity contribution in [1.29, 1.82) is 0 Å². The second kappa shape index (κ2) is 9.41. The molecule has 0 atom stereocenters. The number of guanidine groups is 1. The summed E-state index contributed by atoms with van der Waals surface area (Å²) >= 11 is 0. The maximum Gasteiger partial charge on any atom is 0.341 e. The summed E-state index contributed by atoms with van der Waals surface area (Å²) in [4.78, 5) is 21.0. The lowest BCUT2D eigenvalue weighted by molar-refractivity contribution is 0.0599. The van der Waals surface area contributed by atoms with Crippen molar-refractivity contribution < 1.29 is 18.5 Å². The Morgan fingerprint density at radius 3 is 2.79 bits per heavy atom. The molecule has 1 aliphatic rings. The highest BCUT2D eigenvalue weighted by molar-refractivity contribution is 5.90. The molecule has 0 bridgehead atoms. The minimum atomic E-state index is -0.397. The Bertz CT molecular complexity index is 791. The number of furan rings is 1. The Morgan fingerprint density at radius 1 is 1.36 bits per heavy atom. The van der Waals surface area contributed by atoms with Crippen LogP contribution in [0, 0.1) is 6.92 Å². The lowest BCUT2D eigenvalue weighted by atomic mass is 10.2. The molecule has 1 N–H and O–H groups in total. The quantitative estimate of drug-likeness (QED) is 0.453. The number of nitrogens with one attached hydrogen (secondary N) is 1. The van der Waals surface area contributed by atoms with E-state index in [9.17, 15) is 4.79 Å². The standard InChI is InChI=1S/C19H27N5O4/c1-4-20-19(21-12-16-11-17(14(2)28-16)18(25)26-3)24-8-6-23(7-9-24)13-15-5-10-27-22-15/h5,10-11H,4,6-9,12-13H2,1-3H3,(H,20,21). The van der Waals surface area contributed by atoms with Gasteiger partial charge in [-0.25, -0.2) is 9.79 Å². The molecule has 28 heavy (non-hydrogen) atoms. The van der Waals surface area contributed by atoms with Gasteiger partial charge < -0.3 is 23.9 Å². The molecular formula is C19H27N5O4. The monoisotopic (exact) mass is 389 g/mol. The van der Waals surface area contributed by atoms with Crippen molar-refractivity contribution >= 4 is 11.9 Å². The number of piperazine rings is 1. The third-order valence-electron chi connectivity index (χ3n) is 4.64. The van der Waals surface area contributed by atoms with Gasteiger partial charge in [-0.3, -0.25) is 4.90 Å². The average molecular weight is 389 g/mol. The molecule has 1 saturated heterocycles. The molecule has 152 valence electrons. The summed E-state index contributed by atoms with van der Waals surface area (Å²) in [7, 11) is 1.36. The highest BCUT2D eigenvalue weighted by Gasteiger charge is 2.21. The van der Waals surface area contributed by atoms with Crippen LogP contribution in [0.15, 0.2) is 32.3 Å². The minimum absolute atomic E-state index is 0.360. The number of carbonyl (C=O) groups is 1. The van der Waals surface area contributed by atoms with Crippen molar-refractivity contribution in [2.75, 3.05) is 39.8 Å². The summed E-state index contributed by atoms with van der Waals surface area (Å²) in [6.45, 7) is 9.30. The van der Waals surface area contributed by atoms with Crippen molar-refractivity contribution in [3.05, 3.63) is 41.2 Å². The van der Waals surface area contributed by atoms with Gasteiger partial charge in [0.1, 0.15) is 29.9 Å². The van der Waals surface area contributed by atoms with Gasteiger partial charge in [0, 0.05) is 45.3 Å².